The number of hydrogen-bond donors (Lipinski definition) is 0. The monoisotopic (exact) mass is 918 g/mol. The number of quaternary nitrogens is 1. The van der Waals surface area contributed by atoms with Crippen molar-refractivity contribution in [2.24, 2.45) is 0 Å². The fourth-order valence-electron chi connectivity index (χ4n) is 7.66. The largest absolute Gasteiger partial charge is 0.545 e. The molecule has 0 N–H and O–H groups in total. The summed E-state index contributed by atoms with van der Waals surface area (Å²) < 4.78 is 22.6. The van der Waals surface area contributed by atoms with Crippen molar-refractivity contribution in [1.29, 1.82) is 0 Å². The topological polar surface area (TPSA) is 111 Å². The molecule has 65 heavy (non-hydrogen) atoms. The number of carbonyl (C=O) groups is 3. The first kappa shape index (κ1) is 62.5. The SMILES string of the molecule is CCCCCCC/C=C\C/C=C\C/C=C\CCCCCCCCCCCCCCCCCCC(=O)OC(COC(=O)CCCCCCCCCCC)COC(OCC[N+](C)(C)C)C(=O)[O-]. The van der Waals surface area contributed by atoms with Gasteiger partial charge in [-0.3, -0.25) is 9.59 Å². The van der Waals surface area contributed by atoms with Gasteiger partial charge in [-0.25, -0.2) is 0 Å². The minimum atomic E-state index is -1.62. The summed E-state index contributed by atoms with van der Waals surface area (Å²) in [4.78, 5) is 37.0. The van der Waals surface area contributed by atoms with Gasteiger partial charge in [-0.2, -0.15) is 0 Å². The molecule has 380 valence electrons. The summed E-state index contributed by atoms with van der Waals surface area (Å²) in [7, 11) is 5.92. The van der Waals surface area contributed by atoms with Crippen LogP contribution in [0.5, 0.6) is 0 Å². The Labute approximate surface area is 400 Å². The molecular weight excluding hydrogens is 815 g/mol. The van der Waals surface area contributed by atoms with E-state index in [-0.39, 0.29) is 32.2 Å². The van der Waals surface area contributed by atoms with E-state index in [0.717, 1.165) is 44.9 Å². The average molecular weight is 918 g/mol. The van der Waals surface area contributed by atoms with Gasteiger partial charge >= 0.3 is 11.9 Å². The molecule has 0 saturated carbocycles. The van der Waals surface area contributed by atoms with E-state index < -0.39 is 24.3 Å². The van der Waals surface area contributed by atoms with Crippen molar-refractivity contribution < 1.29 is 42.9 Å². The van der Waals surface area contributed by atoms with Crippen molar-refractivity contribution >= 4 is 17.9 Å². The molecule has 0 aromatic carbocycles. The fourth-order valence-corrected chi connectivity index (χ4v) is 7.66. The molecule has 0 aromatic heterocycles. The van der Waals surface area contributed by atoms with E-state index in [0.29, 0.717) is 23.9 Å². The second-order valence-electron chi connectivity index (χ2n) is 19.5. The van der Waals surface area contributed by atoms with Gasteiger partial charge < -0.3 is 33.3 Å². The molecule has 2 atom stereocenters. The quantitative estimate of drug-likeness (QED) is 0.0195. The molecule has 0 heterocycles. The summed E-state index contributed by atoms with van der Waals surface area (Å²) in [5.74, 6) is -2.28. The zero-order valence-electron chi connectivity index (χ0n) is 43.1. The molecule has 0 aliphatic heterocycles. The lowest BCUT2D eigenvalue weighted by atomic mass is 10.0. The number of likely N-dealkylation sites (N-methyl/N-ethyl adjacent to an activating group) is 1. The highest BCUT2D eigenvalue weighted by atomic mass is 16.7. The van der Waals surface area contributed by atoms with Crippen LogP contribution in [0.25, 0.3) is 0 Å². The summed E-state index contributed by atoms with van der Waals surface area (Å²) in [6, 6.07) is 0. The van der Waals surface area contributed by atoms with E-state index in [1.807, 2.05) is 21.1 Å². The third-order valence-electron chi connectivity index (χ3n) is 11.9. The van der Waals surface area contributed by atoms with Gasteiger partial charge in [0.05, 0.1) is 40.3 Å². The lowest BCUT2D eigenvalue weighted by Crippen LogP contribution is -2.44. The van der Waals surface area contributed by atoms with Crippen LogP contribution >= 0.6 is 0 Å². The van der Waals surface area contributed by atoms with Gasteiger partial charge in [0.15, 0.2) is 12.4 Å². The first-order valence-electron chi connectivity index (χ1n) is 27.1. The summed E-state index contributed by atoms with van der Waals surface area (Å²) in [6.45, 7) is 4.72. The Kier molecular flexibility index (Phi) is 46.1. The van der Waals surface area contributed by atoms with Crippen LogP contribution in [0.2, 0.25) is 0 Å². The number of rotatable bonds is 50. The number of carboxylic acid groups (broad SMARTS) is 1. The van der Waals surface area contributed by atoms with Crippen LogP contribution in [0.1, 0.15) is 245 Å². The Balaban J connectivity index is 4.06. The van der Waals surface area contributed by atoms with Crippen LogP contribution < -0.4 is 5.11 Å². The Morgan fingerprint density at radius 2 is 0.831 bits per heavy atom. The lowest BCUT2D eigenvalue weighted by molar-refractivity contribution is -0.870. The maximum Gasteiger partial charge on any atom is 0.306 e. The van der Waals surface area contributed by atoms with Crippen LogP contribution in [-0.4, -0.2) is 82.3 Å². The summed E-state index contributed by atoms with van der Waals surface area (Å²) in [5, 5.41) is 11.7. The summed E-state index contributed by atoms with van der Waals surface area (Å²) in [6.07, 6.45) is 53.5. The fraction of sp³-hybridized carbons (Fsp3) is 0.839. The van der Waals surface area contributed by atoms with Crippen molar-refractivity contribution in [3.8, 4) is 0 Å². The maximum absolute atomic E-state index is 12.8. The average Bonchev–Trinajstić information content (AvgIpc) is 3.27. The molecule has 0 aliphatic rings. The smallest absolute Gasteiger partial charge is 0.306 e. The van der Waals surface area contributed by atoms with Gasteiger partial charge in [0, 0.05) is 12.8 Å². The molecule has 0 spiro atoms. The normalized spacial score (nSPS) is 13.1. The first-order chi connectivity index (χ1) is 31.6. The minimum absolute atomic E-state index is 0.150. The Morgan fingerprint density at radius 1 is 0.462 bits per heavy atom. The van der Waals surface area contributed by atoms with Gasteiger partial charge in [-0.1, -0.05) is 217 Å². The third kappa shape index (κ3) is 49.2. The van der Waals surface area contributed by atoms with E-state index in [1.54, 1.807) is 0 Å². The number of unbranched alkanes of at least 4 members (excludes halogenated alkanes) is 29. The summed E-state index contributed by atoms with van der Waals surface area (Å²) >= 11 is 0. The second kappa shape index (κ2) is 48.0. The molecule has 0 bridgehead atoms. The van der Waals surface area contributed by atoms with Gasteiger partial charge in [0.1, 0.15) is 13.2 Å². The molecular formula is C56H103NO8. The molecule has 2 unspecified atom stereocenters. The van der Waals surface area contributed by atoms with E-state index in [2.05, 4.69) is 50.3 Å². The van der Waals surface area contributed by atoms with Gasteiger partial charge in [-0.05, 0) is 51.4 Å². The van der Waals surface area contributed by atoms with Crippen LogP contribution in [0, 0.1) is 0 Å². The molecule has 0 radical (unpaired) electrons. The van der Waals surface area contributed by atoms with Crippen molar-refractivity contribution in [1.82, 2.24) is 0 Å². The van der Waals surface area contributed by atoms with Crippen LogP contribution in [-0.2, 0) is 33.3 Å². The second-order valence-corrected chi connectivity index (χ2v) is 19.5. The number of esters is 2. The van der Waals surface area contributed by atoms with E-state index in [9.17, 15) is 19.5 Å². The highest BCUT2D eigenvalue weighted by molar-refractivity contribution is 5.70. The number of allylic oxidation sites excluding steroid dienone is 6. The number of ether oxygens (including phenoxy) is 4. The molecule has 0 aliphatic carbocycles. The number of nitrogens with zero attached hydrogens (tertiary/aromatic N) is 1. The number of carbonyl (C=O) groups excluding carboxylic acids is 3. The maximum atomic E-state index is 12.8. The predicted octanol–water partition coefficient (Wildman–Crippen LogP) is 14.0. The molecule has 0 rings (SSSR count). The number of hydrogen-bond acceptors (Lipinski definition) is 8. The molecule has 0 amide bonds. The van der Waals surface area contributed by atoms with E-state index in [1.165, 1.54) is 167 Å². The number of carboxylic acids is 1. The highest BCUT2D eigenvalue weighted by Gasteiger charge is 2.22. The molecule has 0 fully saturated rings. The zero-order chi connectivity index (χ0) is 47.7. The van der Waals surface area contributed by atoms with Crippen molar-refractivity contribution in [3.05, 3.63) is 36.5 Å². The Morgan fingerprint density at radius 3 is 1.23 bits per heavy atom. The Bertz CT molecular complexity index is 1160. The predicted molar refractivity (Wildman–Crippen MR) is 269 cm³/mol. The first-order valence-corrected chi connectivity index (χ1v) is 27.1. The van der Waals surface area contributed by atoms with Crippen LogP contribution in [0.15, 0.2) is 36.5 Å². The van der Waals surface area contributed by atoms with Crippen molar-refractivity contribution in [2.75, 3.05) is 47.5 Å². The lowest BCUT2D eigenvalue weighted by Gasteiger charge is -2.26. The Hall–Kier alpha value is -2.49. The van der Waals surface area contributed by atoms with Crippen molar-refractivity contribution in [3.63, 3.8) is 0 Å². The highest BCUT2D eigenvalue weighted by Crippen LogP contribution is 2.16. The minimum Gasteiger partial charge on any atom is -0.545 e. The van der Waals surface area contributed by atoms with Gasteiger partial charge in [-0.15, -0.1) is 0 Å². The molecule has 9 nitrogen and oxygen atoms in total. The van der Waals surface area contributed by atoms with Gasteiger partial charge in [0.25, 0.3) is 0 Å². The van der Waals surface area contributed by atoms with E-state index >= 15 is 0 Å². The standard InChI is InChI=1S/C56H103NO8/c1-6-8-10-12-14-16-17-18-19-20-21-22-23-24-25-26-27-28-29-30-31-32-33-34-35-36-37-39-41-43-45-47-54(59)65-52(51-64-56(55(60)61)62-49-48-57(3,4)5)50-63-53(58)46-44-42-40-38-15-13-11-9-7-2/h17-18,20-21,23-24,52,56H,6-16,19,22,25-51H2,1-5H3/b18-17-,21-20-,24-23-. The van der Waals surface area contributed by atoms with Gasteiger partial charge in [0.2, 0.25) is 0 Å². The molecule has 0 saturated heterocycles. The van der Waals surface area contributed by atoms with E-state index in [4.69, 9.17) is 18.9 Å². The number of aliphatic carboxylic acids is 1. The third-order valence-corrected chi connectivity index (χ3v) is 11.9. The van der Waals surface area contributed by atoms with Crippen LogP contribution in [0.4, 0.5) is 0 Å². The summed E-state index contributed by atoms with van der Waals surface area (Å²) in [5.41, 5.74) is 0. The van der Waals surface area contributed by atoms with Crippen LogP contribution in [0.3, 0.4) is 0 Å². The molecule has 9 heteroatoms. The van der Waals surface area contributed by atoms with Crippen molar-refractivity contribution in [2.45, 2.75) is 257 Å². The zero-order valence-corrected chi connectivity index (χ0v) is 43.1. The molecule has 0 aromatic rings.